The van der Waals surface area contributed by atoms with Gasteiger partial charge in [0.1, 0.15) is 23.4 Å². The third-order valence-electron chi connectivity index (χ3n) is 8.06. The number of urea groups is 1. The third-order valence-corrected chi connectivity index (χ3v) is 8.06. The van der Waals surface area contributed by atoms with Crippen molar-refractivity contribution in [3.05, 3.63) is 95.3 Å². The molecule has 46 heavy (non-hydrogen) atoms. The van der Waals surface area contributed by atoms with Gasteiger partial charge in [-0.3, -0.25) is 4.79 Å². The molecular formula is C36H47FN4O5. The highest BCUT2D eigenvalue weighted by atomic mass is 19.1. The number of carbonyl (C=O) groups is 2. The Morgan fingerprint density at radius 3 is 2.13 bits per heavy atom. The number of nitrogens with two attached hydrogens (primary N) is 1. The van der Waals surface area contributed by atoms with Gasteiger partial charge in [0.05, 0.1) is 13.2 Å². The number of likely N-dealkylation sites (tertiary alicyclic amines) is 1. The van der Waals surface area contributed by atoms with Crippen LogP contribution in [0.3, 0.4) is 0 Å². The SMILES string of the molecule is CC(C)COc1ccc(CNC(=O)N(Cc2ccc(F)cc2)C2CCN(CCCOc3ccc(C[C@H](N)C(=O)O)cc3)CC2)cc1. The molecule has 10 heteroatoms. The van der Waals surface area contributed by atoms with E-state index in [1.165, 1.54) is 12.1 Å². The van der Waals surface area contributed by atoms with Crippen LogP contribution in [0.1, 0.15) is 49.8 Å². The summed E-state index contributed by atoms with van der Waals surface area (Å²) in [5, 5.41) is 12.1. The van der Waals surface area contributed by atoms with Crippen molar-refractivity contribution < 1.29 is 28.6 Å². The highest BCUT2D eigenvalue weighted by Gasteiger charge is 2.28. The van der Waals surface area contributed by atoms with Crippen LogP contribution in [0.5, 0.6) is 11.5 Å². The van der Waals surface area contributed by atoms with Gasteiger partial charge in [-0.15, -0.1) is 0 Å². The number of benzene rings is 3. The molecular weight excluding hydrogens is 587 g/mol. The second-order valence-electron chi connectivity index (χ2n) is 12.3. The molecule has 0 saturated carbocycles. The molecule has 4 rings (SSSR count). The van der Waals surface area contributed by atoms with Crippen molar-refractivity contribution in [3.63, 3.8) is 0 Å². The Morgan fingerprint density at radius 1 is 0.935 bits per heavy atom. The molecule has 1 heterocycles. The number of hydrogen-bond donors (Lipinski definition) is 3. The zero-order valence-electron chi connectivity index (χ0n) is 26.9. The van der Waals surface area contributed by atoms with Gasteiger partial charge >= 0.3 is 12.0 Å². The van der Waals surface area contributed by atoms with Crippen LogP contribution in [-0.4, -0.2) is 71.8 Å². The maximum absolute atomic E-state index is 13.6. The van der Waals surface area contributed by atoms with E-state index in [1.54, 1.807) is 12.1 Å². The number of piperidine rings is 1. The summed E-state index contributed by atoms with van der Waals surface area (Å²) in [4.78, 5) is 28.8. The van der Waals surface area contributed by atoms with Gasteiger partial charge in [-0.25, -0.2) is 9.18 Å². The van der Waals surface area contributed by atoms with Crippen LogP contribution < -0.4 is 20.5 Å². The molecule has 0 unspecified atom stereocenters. The van der Waals surface area contributed by atoms with E-state index in [4.69, 9.17) is 20.3 Å². The second kappa shape index (κ2) is 17.5. The number of amides is 2. The molecule has 0 spiro atoms. The fourth-order valence-electron chi connectivity index (χ4n) is 5.39. The van der Waals surface area contributed by atoms with E-state index in [-0.39, 0.29) is 24.3 Å². The Bertz CT molecular complexity index is 1360. The van der Waals surface area contributed by atoms with Crippen LogP contribution in [0.2, 0.25) is 0 Å². The molecule has 1 atom stereocenters. The minimum absolute atomic E-state index is 0.0668. The summed E-state index contributed by atoms with van der Waals surface area (Å²) < 4.78 is 25.2. The summed E-state index contributed by atoms with van der Waals surface area (Å²) in [6.45, 7) is 8.88. The predicted octanol–water partition coefficient (Wildman–Crippen LogP) is 5.46. The van der Waals surface area contributed by atoms with E-state index in [1.807, 2.05) is 53.4 Å². The van der Waals surface area contributed by atoms with Gasteiger partial charge in [0, 0.05) is 38.8 Å². The van der Waals surface area contributed by atoms with Crippen LogP contribution in [0.4, 0.5) is 9.18 Å². The smallest absolute Gasteiger partial charge is 0.320 e. The molecule has 3 aromatic carbocycles. The average molecular weight is 635 g/mol. The monoisotopic (exact) mass is 634 g/mol. The lowest BCUT2D eigenvalue weighted by molar-refractivity contribution is -0.138. The van der Waals surface area contributed by atoms with Crippen molar-refractivity contribution in [2.75, 3.05) is 32.8 Å². The fourth-order valence-corrected chi connectivity index (χ4v) is 5.39. The molecule has 1 aliphatic rings. The van der Waals surface area contributed by atoms with Crippen molar-refractivity contribution in [2.45, 2.75) is 64.7 Å². The van der Waals surface area contributed by atoms with E-state index in [9.17, 15) is 14.0 Å². The lowest BCUT2D eigenvalue weighted by atomic mass is 10.0. The lowest BCUT2D eigenvalue weighted by Gasteiger charge is -2.38. The first-order valence-corrected chi connectivity index (χ1v) is 16.1. The van der Waals surface area contributed by atoms with E-state index >= 15 is 0 Å². The molecule has 0 bridgehead atoms. The standard InChI is InChI=1S/C36H47FN4O5/c1-26(2)25-46-33-14-8-28(9-15-33)23-39-36(44)41(24-29-4-10-30(37)11-5-29)31-16-19-40(20-17-31)18-3-21-45-32-12-6-27(7-13-32)22-34(38)35(42)43/h4-15,26,31,34H,3,16-25,38H2,1-2H3,(H,39,44)(H,42,43)/t34-/m0/s1. The topological polar surface area (TPSA) is 117 Å². The second-order valence-corrected chi connectivity index (χ2v) is 12.3. The first-order valence-electron chi connectivity index (χ1n) is 16.1. The van der Waals surface area contributed by atoms with Crippen molar-refractivity contribution in [3.8, 4) is 11.5 Å². The van der Waals surface area contributed by atoms with Crippen molar-refractivity contribution >= 4 is 12.0 Å². The zero-order valence-corrected chi connectivity index (χ0v) is 26.9. The number of carboxylic acids is 1. The van der Waals surface area contributed by atoms with E-state index in [0.717, 1.165) is 67.1 Å². The van der Waals surface area contributed by atoms with E-state index < -0.39 is 12.0 Å². The molecule has 3 aromatic rings. The number of ether oxygens (including phenoxy) is 2. The summed E-state index contributed by atoms with van der Waals surface area (Å²) in [6.07, 6.45) is 2.82. The van der Waals surface area contributed by atoms with Crippen molar-refractivity contribution in [2.24, 2.45) is 11.7 Å². The van der Waals surface area contributed by atoms with E-state index in [2.05, 4.69) is 24.1 Å². The number of nitrogens with one attached hydrogen (secondary N) is 1. The minimum atomic E-state index is -1.02. The molecule has 1 saturated heterocycles. The third kappa shape index (κ3) is 11.3. The average Bonchev–Trinajstić information content (AvgIpc) is 3.06. The Morgan fingerprint density at radius 2 is 1.52 bits per heavy atom. The predicted molar refractivity (Wildman–Crippen MR) is 176 cm³/mol. The number of rotatable bonds is 16. The molecule has 0 aliphatic carbocycles. The summed E-state index contributed by atoms with van der Waals surface area (Å²) in [5.41, 5.74) is 8.35. The molecule has 4 N–H and O–H groups in total. The maximum Gasteiger partial charge on any atom is 0.320 e. The number of halogens is 1. The number of carboxylic acid groups (broad SMARTS) is 1. The van der Waals surface area contributed by atoms with Crippen molar-refractivity contribution in [1.29, 1.82) is 0 Å². The van der Waals surface area contributed by atoms with E-state index in [0.29, 0.717) is 32.2 Å². The summed E-state index contributed by atoms with van der Waals surface area (Å²) in [5.74, 6) is 0.689. The highest BCUT2D eigenvalue weighted by molar-refractivity contribution is 5.74. The van der Waals surface area contributed by atoms with Gasteiger partial charge in [0.2, 0.25) is 0 Å². The normalized spacial score (nSPS) is 14.5. The molecule has 1 fully saturated rings. The van der Waals surface area contributed by atoms with Gasteiger partial charge in [0.25, 0.3) is 0 Å². The quantitative estimate of drug-likeness (QED) is 0.179. The van der Waals surface area contributed by atoms with Gasteiger partial charge < -0.3 is 35.4 Å². The Balaban J connectivity index is 1.24. The van der Waals surface area contributed by atoms with Crippen LogP contribution in [0.25, 0.3) is 0 Å². The zero-order chi connectivity index (χ0) is 32.9. The molecule has 248 valence electrons. The highest BCUT2D eigenvalue weighted by Crippen LogP contribution is 2.21. The molecule has 1 aliphatic heterocycles. The Hall–Kier alpha value is -4.15. The van der Waals surface area contributed by atoms with Gasteiger partial charge in [0.15, 0.2) is 0 Å². The Labute approximate surface area is 271 Å². The van der Waals surface area contributed by atoms with Gasteiger partial charge in [-0.1, -0.05) is 50.2 Å². The number of nitrogens with zero attached hydrogens (tertiary/aromatic N) is 2. The summed E-state index contributed by atoms with van der Waals surface area (Å²) >= 11 is 0. The van der Waals surface area contributed by atoms with Crippen LogP contribution in [0.15, 0.2) is 72.8 Å². The maximum atomic E-state index is 13.6. The first kappa shape index (κ1) is 34.7. The van der Waals surface area contributed by atoms with Crippen LogP contribution in [-0.2, 0) is 24.3 Å². The molecule has 0 radical (unpaired) electrons. The number of aliphatic carboxylic acids is 1. The van der Waals surface area contributed by atoms with Crippen LogP contribution in [0, 0.1) is 11.7 Å². The number of hydrogen-bond acceptors (Lipinski definition) is 6. The molecule has 2 amide bonds. The minimum Gasteiger partial charge on any atom is -0.494 e. The summed E-state index contributed by atoms with van der Waals surface area (Å²) in [6, 6.07) is 20.5. The van der Waals surface area contributed by atoms with Gasteiger partial charge in [-0.05, 0) is 84.7 Å². The van der Waals surface area contributed by atoms with Crippen LogP contribution >= 0.6 is 0 Å². The summed E-state index contributed by atoms with van der Waals surface area (Å²) in [7, 11) is 0. The van der Waals surface area contributed by atoms with Crippen molar-refractivity contribution in [1.82, 2.24) is 15.1 Å². The van der Waals surface area contributed by atoms with Gasteiger partial charge in [-0.2, -0.15) is 0 Å². The molecule has 0 aromatic heterocycles. The fraction of sp³-hybridized carbons (Fsp3) is 0.444. The first-order chi connectivity index (χ1) is 22.2. The lowest BCUT2D eigenvalue weighted by Crippen LogP contribution is -2.50. The largest absolute Gasteiger partial charge is 0.494 e. The molecule has 9 nitrogen and oxygen atoms in total. The number of carbonyl (C=O) groups excluding carboxylic acids is 1. The Kier molecular flexibility index (Phi) is 13.2.